The minimum atomic E-state index is -0.428. The third-order valence-electron chi connectivity index (χ3n) is 8.13. The first-order valence-corrected chi connectivity index (χ1v) is 14.1. The molecule has 37 heavy (non-hydrogen) atoms. The number of ether oxygens (including phenoxy) is 1. The van der Waals surface area contributed by atoms with Crippen molar-refractivity contribution in [2.45, 2.75) is 45.1 Å². The molecule has 5 aliphatic rings. The number of nitrogens with zero attached hydrogens (tertiary/aromatic N) is 1. The summed E-state index contributed by atoms with van der Waals surface area (Å²) in [5.74, 6) is 1.58. The summed E-state index contributed by atoms with van der Waals surface area (Å²) < 4.78 is 20.1. The monoisotopic (exact) mass is 556 g/mol. The number of hydrogen-bond acceptors (Lipinski definition) is 5. The van der Waals surface area contributed by atoms with Crippen molar-refractivity contribution in [2.75, 3.05) is 0 Å². The Bertz CT molecular complexity index is 1270. The van der Waals surface area contributed by atoms with E-state index in [0.717, 1.165) is 36.6 Å². The maximum atomic E-state index is 14.1. The van der Waals surface area contributed by atoms with Crippen LogP contribution in [0.5, 0.6) is 5.75 Å². The fourth-order valence-corrected chi connectivity index (χ4v) is 8.24. The Morgan fingerprint density at radius 1 is 1.16 bits per heavy atom. The lowest BCUT2D eigenvalue weighted by atomic mass is 9.49. The third-order valence-corrected chi connectivity index (χ3v) is 9.78. The highest BCUT2D eigenvalue weighted by Gasteiger charge is 2.55. The summed E-state index contributed by atoms with van der Waals surface area (Å²) >= 11 is 12.7. The molecule has 2 amide bonds. The second kappa shape index (κ2) is 9.71. The largest absolute Gasteiger partial charge is 0.489 e. The molecule has 0 atom stereocenters. The van der Waals surface area contributed by atoms with Crippen LogP contribution in [-0.4, -0.2) is 21.1 Å². The maximum Gasteiger partial charge on any atom is 0.285 e. The first kappa shape index (κ1) is 24.9. The van der Waals surface area contributed by atoms with Gasteiger partial charge >= 0.3 is 0 Å². The summed E-state index contributed by atoms with van der Waals surface area (Å²) in [6.07, 6.45) is 8.20. The number of nitrogens with one attached hydrogen (secondary N) is 1. The van der Waals surface area contributed by atoms with E-state index < -0.39 is 5.82 Å². The molecule has 2 aromatic carbocycles. The molecule has 1 aliphatic heterocycles. The highest BCUT2D eigenvalue weighted by molar-refractivity contribution is 8.26. The fourth-order valence-electron chi connectivity index (χ4n) is 6.84. The molecule has 0 unspecified atom stereocenters. The predicted octanol–water partition coefficient (Wildman–Crippen LogP) is 6.51. The quantitative estimate of drug-likeness (QED) is 0.325. The van der Waals surface area contributed by atoms with Crippen molar-refractivity contribution in [3.8, 4) is 5.75 Å². The zero-order valence-electron chi connectivity index (χ0n) is 20.0. The van der Waals surface area contributed by atoms with Crippen LogP contribution in [0, 0.1) is 29.0 Å². The van der Waals surface area contributed by atoms with Gasteiger partial charge in [-0.05, 0) is 104 Å². The van der Waals surface area contributed by atoms with Crippen LogP contribution in [0.15, 0.2) is 47.4 Å². The van der Waals surface area contributed by atoms with E-state index >= 15 is 0 Å². The molecular formula is C28H26ClFN2O3S2. The molecule has 0 radical (unpaired) electrons. The summed E-state index contributed by atoms with van der Waals surface area (Å²) in [4.78, 5) is 27.1. The molecule has 1 saturated heterocycles. The Morgan fingerprint density at radius 3 is 2.51 bits per heavy atom. The molecule has 0 spiro atoms. The number of thiocarbonyl (C=S) groups is 1. The fraction of sp³-hybridized carbons (Fsp3) is 0.393. The summed E-state index contributed by atoms with van der Waals surface area (Å²) in [5, 5.41) is 1.53. The van der Waals surface area contributed by atoms with Crippen molar-refractivity contribution in [1.29, 1.82) is 0 Å². The van der Waals surface area contributed by atoms with Gasteiger partial charge in [-0.1, -0.05) is 41.6 Å². The van der Waals surface area contributed by atoms with E-state index in [0.29, 0.717) is 37.8 Å². The molecule has 192 valence electrons. The number of carbonyl (C=O) groups excluding carboxylic acids is 2. The summed E-state index contributed by atoms with van der Waals surface area (Å²) in [6.45, 7) is -0.0204. The van der Waals surface area contributed by atoms with Crippen LogP contribution in [0.25, 0.3) is 6.08 Å². The highest BCUT2D eigenvalue weighted by Crippen LogP contribution is 2.60. The van der Waals surface area contributed by atoms with Gasteiger partial charge < -0.3 is 4.74 Å². The van der Waals surface area contributed by atoms with E-state index in [1.807, 2.05) is 6.07 Å². The Labute approximate surface area is 229 Å². The lowest BCUT2D eigenvalue weighted by Crippen LogP contribution is -2.57. The van der Waals surface area contributed by atoms with Crippen molar-refractivity contribution in [2.24, 2.45) is 23.2 Å². The normalized spacial score (nSPS) is 29.3. The molecule has 0 aromatic heterocycles. The van der Waals surface area contributed by atoms with Crippen LogP contribution < -0.4 is 10.2 Å². The molecule has 5 nitrogen and oxygen atoms in total. The van der Waals surface area contributed by atoms with Crippen molar-refractivity contribution >= 4 is 57.8 Å². The molecular weight excluding hydrogens is 531 g/mol. The molecule has 5 fully saturated rings. The van der Waals surface area contributed by atoms with Crippen LogP contribution >= 0.6 is 35.6 Å². The number of carbonyl (C=O) groups is 2. The zero-order valence-corrected chi connectivity index (χ0v) is 22.4. The topological polar surface area (TPSA) is 58.6 Å². The number of hydrogen-bond donors (Lipinski definition) is 1. The van der Waals surface area contributed by atoms with Crippen LogP contribution in [0.1, 0.15) is 49.7 Å². The Kier molecular flexibility index (Phi) is 6.53. The van der Waals surface area contributed by atoms with Gasteiger partial charge in [0.25, 0.3) is 5.91 Å². The van der Waals surface area contributed by atoms with Gasteiger partial charge in [0.05, 0.1) is 15.3 Å². The summed E-state index contributed by atoms with van der Waals surface area (Å²) in [5.41, 5.74) is 3.52. The van der Waals surface area contributed by atoms with E-state index in [9.17, 15) is 14.0 Å². The number of rotatable bonds is 6. The third kappa shape index (κ3) is 4.79. The summed E-state index contributed by atoms with van der Waals surface area (Å²) in [6, 6.07) is 11.6. The lowest BCUT2D eigenvalue weighted by molar-refractivity contribution is -0.152. The second-order valence-electron chi connectivity index (χ2n) is 10.7. The van der Waals surface area contributed by atoms with Crippen LogP contribution in [0.2, 0.25) is 5.02 Å². The molecule has 1 heterocycles. The minimum absolute atomic E-state index is 0.0204. The number of hydrazine groups is 1. The highest BCUT2D eigenvalue weighted by atomic mass is 35.5. The van der Waals surface area contributed by atoms with Crippen molar-refractivity contribution in [3.05, 3.63) is 69.3 Å². The number of halogens is 2. The second-order valence-corrected chi connectivity index (χ2v) is 12.8. The number of benzene rings is 2. The van der Waals surface area contributed by atoms with Gasteiger partial charge in [0.15, 0.2) is 4.32 Å². The van der Waals surface area contributed by atoms with Crippen LogP contribution in [-0.2, 0) is 16.2 Å². The van der Waals surface area contributed by atoms with E-state index in [1.54, 1.807) is 36.4 Å². The van der Waals surface area contributed by atoms with Crippen molar-refractivity contribution in [3.63, 3.8) is 0 Å². The molecule has 9 heteroatoms. The minimum Gasteiger partial charge on any atom is -0.489 e. The van der Waals surface area contributed by atoms with Gasteiger partial charge in [-0.15, -0.1) is 0 Å². The van der Waals surface area contributed by atoms with Crippen LogP contribution in [0.4, 0.5) is 4.39 Å². The van der Waals surface area contributed by atoms with Crippen molar-refractivity contribution < 1.29 is 18.7 Å². The van der Waals surface area contributed by atoms with E-state index in [4.69, 9.17) is 28.6 Å². The molecule has 1 N–H and O–H groups in total. The van der Waals surface area contributed by atoms with Gasteiger partial charge in [0, 0.05) is 5.56 Å². The van der Waals surface area contributed by atoms with Crippen molar-refractivity contribution in [1.82, 2.24) is 10.4 Å². The maximum absolute atomic E-state index is 14.1. The molecule has 7 rings (SSSR count). The number of thioether (sulfide) groups is 1. The zero-order chi connectivity index (χ0) is 25.7. The SMILES string of the molecule is O=C1/C(=C\c2cccc(OCc3c(F)cccc3Cl)c2)SC(=S)N1NC(=O)C12CC3CC(CC(C3)C1)C2. The first-order valence-electron chi connectivity index (χ1n) is 12.5. The standard InChI is InChI=1S/C28H26ClFN2O3S2/c29-22-5-2-6-23(30)21(22)15-35-20-4-1-3-16(10-20)11-24-25(33)32(27(36)37-24)31-26(34)28-12-17-7-18(13-28)9-19(8-17)14-28/h1-6,10-11,17-19H,7-9,12-15H2,(H,31,34)/b24-11+. The van der Waals surface area contributed by atoms with Gasteiger partial charge in [-0.25, -0.2) is 4.39 Å². The lowest BCUT2D eigenvalue weighted by Gasteiger charge is -2.55. The average Bonchev–Trinajstić information content (AvgIpc) is 3.10. The summed E-state index contributed by atoms with van der Waals surface area (Å²) in [7, 11) is 0. The van der Waals surface area contributed by atoms with Gasteiger partial charge in [-0.2, -0.15) is 5.01 Å². The first-order chi connectivity index (χ1) is 17.8. The Morgan fingerprint density at radius 2 is 1.84 bits per heavy atom. The molecule has 4 saturated carbocycles. The van der Waals surface area contributed by atoms with E-state index in [1.165, 1.54) is 30.3 Å². The van der Waals surface area contributed by atoms with Gasteiger partial charge in [0.2, 0.25) is 5.91 Å². The van der Waals surface area contributed by atoms with E-state index in [-0.39, 0.29) is 29.4 Å². The predicted molar refractivity (Wildman–Crippen MR) is 146 cm³/mol. The molecule has 4 bridgehead atoms. The smallest absolute Gasteiger partial charge is 0.285 e. The number of amides is 2. The van der Waals surface area contributed by atoms with Crippen LogP contribution in [0.3, 0.4) is 0 Å². The van der Waals surface area contributed by atoms with Gasteiger partial charge in [-0.3, -0.25) is 15.0 Å². The van der Waals surface area contributed by atoms with Gasteiger partial charge in [0.1, 0.15) is 18.2 Å². The molecule has 4 aliphatic carbocycles. The Hall–Kier alpha value is -2.42. The molecule has 2 aromatic rings. The average molecular weight is 557 g/mol. The Balaban J connectivity index is 1.14. The van der Waals surface area contributed by atoms with E-state index in [2.05, 4.69) is 5.43 Å².